The van der Waals surface area contributed by atoms with Gasteiger partial charge in [0.15, 0.2) is 0 Å². The summed E-state index contributed by atoms with van der Waals surface area (Å²) in [4.78, 5) is 29.8. The maximum atomic E-state index is 12.7. The molecule has 2 aromatic rings. The van der Waals surface area contributed by atoms with Gasteiger partial charge in [0.1, 0.15) is 4.32 Å². The Morgan fingerprint density at radius 1 is 1.28 bits per heavy atom. The molecule has 0 radical (unpaired) electrons. The predicted octanol–water partition coefficient (Wildman–Crippen LogP) is 1.64. The van der Waals surface area contributed by atoms with Gasteiger partial charge in [-0.05, 0) is 29.7 Å². The van der Waals surface area contributed by atoms with Crippen LogP contribution < -0.4 is 5.11 Å². The average molecular weight is 369 g/mol. The number of pyridine rings is 1. The molecule has 1 saturated heterocycles. The fraction of sp³-hybridized carbons (Fsp3) is 0.111. The van der Waals surface area contributed by atoms with Gasteiger partial charge in [-0.15, -0.1) is 0 Å². The van der Waals surface area contributed by atoms with Crippen molar-refractivity contribution < 1.29 is 14.7 Å². The van der Waals surface area contributed by atoms with E-state index in [1.807, 2.05) is 18.2 Å². The molecule has 1 fully saturated rings. The minimum Gasteiger partial charge on any atom is -0.548 e. The zero-order valence-corrected chi connectivity index (χ0v) is 14.6. The maximum absolute atomic E-state index is 12.7. The van der Waals surface area contributed by atoms with Crippen molar-refractivity contribution in [3.8, 4) is 0 Å². The summed E-state index contributed by atoms with van der Waals surface area (Å²) in [6.07, 6.45) is 5.04. The predicted molar refractivity (Wildman–Crippen MR) is 98.2 cm³/mol. The van der Waals surface area contributed by atoms with Crippen LogP contribution in [0, 0.1) is 0 Å². The summed E-state index contributed by atoms with van der Waals surface area (Å²) in [5, 5.41) is 11.6. The van der Waals surface area contributed by atoms with E-state index in [0.29, 0.717) is 4.91 Å². The van der Waals surface area contributed by atoms with E-state index in [2.05, 4.69) is 4.98 Å². The molecule has 1 aromatic carbocycles. The van der Waals surface area contributed by atoms with Crippen molar-refractivity contribution in [2.75, 3.05) is 0 Å². The van der Waals surface area contributed by atoms with Gasteiger partial charge in [0.25, 0.3) is 5.91 Å². The number of aliphatic carboxylic acids is 1. The molecule has 1 aliphatic rings. The van der Waals surface area contributed by atoms with E-state index in [1.54, 1.807) is 42.7 Å². The van der Waals surface area contributed by atoms with Crippen LogP contribution in [0.25, 0.3) is 6.08 Å². The van der Waals surface area contributed by atoms with E-state index in [1.165, 1.54) is 0 Å². The van der Waals surface area contributed by atoms with Crippen molar-refractivity contribution in [3.63, 3.8) is 0 Å². The first kappa shape index (κ1) is 17.3. The van der Waals surface area contributed by atoms with Crippen molar-refractivity contribution in [2.24, 2.45) is 0 Å². The van der Waals surface area contributed by atoms with Crippen molar-refractivity contribution in [1.82, 2.24) is 9.88 Å². The maximum Gasteiger partial charge on any atom is 0.266 e. The molecule has 1 aromatic heterocycles. The molecular formula is C18H13N2O3S2-. The van der Waals surface area contributed by atoms with Crippen LogP contribution in [0.4, 0.5) is 0 Å². The number of rotatable bonds is 5. The SMILES string of the molecule is O=C([O-])C(Cc1ccccc1)N1C(=O)C(=Cc2cccnc2)SC1=S. The smallest absolute Gasteiger partial charge is 0.266 e. The number of hydrogen-bond donors (Lipinski definition) is 0. The molecule has 0 spiro atoms. The average Bonchev–Trinajstić information content (AvgIpc) is 2.88. The third kappa shape index (κ3) is 3.94. The molecule has 126 valence electrons. The molecule has 1 amide bonds. The topological polar surface area (TPSA) is 73.3 Å². The number of hydrogen-bond acceptors (Lipinski definition) is 6. The number of carboxylic acids is 1. The zero-order chi connectivity index (χ0) is 17.8. The first-order chi connectivity index (χ1) is 12.1. The molecule has 25 heavy (non-hydrogen) atoms. The van der Waals surface area contributed by atoms with Gasteiger partial charge >= 0.3 is 0 Å². The van der Waals surface area contributed by atoms with Gasteiger partial charge in [0, 0.05) is 12.4 Å². The second-order valence-electron chi connectivity index (χ2n) is 5.36. The summed E-state index contributed by atoms with van der Waals surface area (Å²) in [6, 6.07) is 11.5. The standard InChI is InChI=1S/C18H14N2O3S2/c21-16-15(10-13-7-4-8-19-11-13)25-18(24)20(16)14(17(22)23)9-12-5-2-1-3-6-12/h1-8,10-11,14H,9H2,(H,22,23)/p-1. The van der Waals surface area contributed by atoms with Gasteiger partial charge in [-0.2, -0.15) is 0 Å². The lowest BCUT2D eigenvalue weighted by molar-refractivity contribution is -0.310. The van der Waals surface area contributed by atoms with Gasteiger partial charge < -0.3 is 9.90 Å². The summed E-state index contributed by atoms with van der Waals surface area (Å²) < 4.78 is 0.213. The summed E-state index contributed by atoms with van der Waals surface area (Å²) in [5.74, 6) is -1.76. The van der Waals surface area contributed by atoms with Crippen LogP contribution in [0.1, 0.15) is 11.1 Å². The Bertz CT molecular complexity index is 838. The lowest BCUT2D eigenvalue weighted by atomic mass is 10.0. The molecule has 7 heteroatoms. The molecule has 5 nitrogen and oxygen atoms in total. The van der Waals surface area contributed by atoms with Crippen LogP contribution in [0.2, 0.25) is 0 Å². The van der Waals surface area contributed by atoms with Crippen LogP contribution >= 0.6 is 24.0 Å². The van der Waals surface area contributed by atoms with Gasteiger partial charge in [-0.25, -0.2) is 0 Å². The van der Waals surface area contributed by atoms with Crippen molar-refractivity contribution in [3.05, 3.63) is 70.9 Å². The Kier molecular flexibility index (Phi) is 5.25. The van der Waals surface area contributed by atoms with Crippen molar-refractivity contribution in [2.45, 2.75) is 12.5 Å². The van der Waals surface area contributed by atoms with E-state index >= 15 is 0 Å². The van der Waals surface area contributed by atoms with E-state index in [0.717, 1.165) is 27.8 Å². The Hall–Kier alpha value is -2.51. The minimum atomic E-state index is -1.33. The first-order valence-corrected chi connectivity index (χ1v) is 8.70. The second kappa shape index (κ2) is 7.58. The highest BCUT2D eigenvalue weighted by Gasteiger charge is 2.37. The van der Waals surface area contributed by atoms with Crippen LogP contribution in [0.3, 0.4) is 0 Å². The summed E-state index contributed by atoms with van der Waals surface area (Å²) in [7, 11) is 0. The van der Waals surface area contributed by atoms with E-state index < -0.39 is 17.9 Å². The fourth-order valence-corrected chi connectivity index (χ4v) is 3.84. The van der Waals surface area contributed by atoms with Gasteiger partial charge in [-0.3, -0.25) is 14.7 Å². The molecule has 0 saturated carbocycles. The number of carbonyl (C=O) groups excluding carboxylic acids is 2. The van der Waals surface area contributed by atoms with Crippen LogP contribution in [-0.4, -0.2) is 32.1 Å². The lowest BCUT2D eigenvalue weighted by Gasteiger charge is -2.27. The molecular weight excluding hydrogens is 356 g/mol. The van der Waals surface area contributed by atoms with Crippen molar-refractivity contribution in [1.29, 1.82) is 0 Å². The molecule has 2 heterocycles. The number of thioether (sulfide) groups is 1. The summed E-state index contributed by atoms with van der Waals surface area (Å²) in [5.41, 5.74) is 1.54. The number of thiocarbonyl (C=S) groups is 1. The zero-order valence-electron chi connectivity index (χ0n) is 13.0. The quantitative estimate of drug-likeness (QED) is 0.589. The van der Waals surface area contributed by atoms with Gasteiger partial charge in [-0.1, -0.05) is 60.4 Å². The van der Waals surface area contributed by atoms with Crippen molar-refractivity contribution >= 4 is 46.3 Å². The van der Waals surface area contributed by atoms with Gasteiger partial charge in [0.2, 0.25) is 0 Å². The fourth-order valence-electron chi connectivity index (χ4n) is 2.48. The second-order valence-corrected chi connectivity index (χ2v) is 7.04. The van der Waals surface area contributed by atoms with Crippen LogP contribution in [-0.2, 0) is 16.0 Å². The first-order valence-electron chi connectivity index (χ1n) is 7.48. The number of nitrogens with zero attached hydrogens (tertiary/aromatic N) is 2. The highest BCUT2D eigenvalue weighted by Crippen LogP contribution is 2.34. The highest BCUT2D eigenvalue weighted by atomic mass is 32.2. The molecule has 1 aliphatic heterocycles. The third-order valence-corrected chi connectivity index (χ3v) is 4.99. The third-order valence-electron chi connectivity index (χ3n) is 3.66. The Morgan fingerprint density at radius 2 is 2.04 bits per heavy atom. The molecule has 3 rings (SSSR count). The lowest BCUT2D eigenvalue weighted by Crippen LogP contribution is -2.51. The molecule has 0 aliphatic carbocycles. The van der Waals surface area contributed by atoms with Crippen LogP contribution in [0.15, 0.2) is 59.8 Å². The number of amides is 1. The summed E-state index contributed by atoms with van der Waals surface area (Å²) >= 11 is 6.33. The Labute approximate surface area is 154 Å². The van der Waals surface area contributed by atoms with E-state index in [4.69, 9.17) is 12.2 Å². The number of carboxylic acid groups (broad SMARTS) is 1. The molecule has 0 bridgehead atoms. The Balaban J connectivity index is 1.87. The Morgan fingerprint density at radius 3 is 2.68 bits per heavy atom. The number of aromatic nitrogens is 1. The molecule has 0 N–H and O–H groups in total. The largest absolute Gasteiger partial charge is 0.548 e. The molecule has 1 unspecified atom stereocenters. The highest BCUT2D eigenvalue weighted by molar-refractivity contribution is 8.26. The van der Waals surface area contributed by atoms with Crippen LogP contribution in [0.5, 0.6) is 0 Å². The normalized spacial score (nSPS) is 17.1. The van der Waals surface area contributed by atoms with E-state index in [9.17, 15) is 14.7 Å². The van der Waals surface area contributed by atoms with E-state index in [-0.39, 0.29) is 10.7 Å². The number of benzene rings is 1. The minimum absolute atomic E-state index is 0.135. The van der Waals surface area contributed by atoms with Gasteiger partial charge in [0.05, 0.1) is 16.9 Å². The molecule has 1 atom stereocenters. The summed E-state index contributed by atoms with van der Waals surface area (Å²) in [6.45, 7) is 0. The monoisotopic (exact) mass is 369 g/mol. The number of carbonyl (C=O) groups is 2.